The molecule has 3 fully saturated rings. The Morgan fingerprint density at radius 3 is 2.36 bits per heavy atom. The predicted molar refractivity (Wildman–Crippen MR) is 159 cm³/mol. The van der Waals surface area contributed by atoms with Gasteiger partial charge in [0.25, 0.3) is 0 Å². The van der Waals surface area contributed by atoms with Crippen LogP contribution in [-0.4, -0.2) is 35.7 Å². The lowest BCUT2D eigenvalue weighted by atomic mass is 9.70. The highest BCUT2D eigenvalue weighted by Gasteiger charge is 2.52. The molecular formula is C35H46N2O2. The molecule has 3 aliphatic rings. The predicted octanol–water partition coefficient (Wildman–Crippen LogP) is 6.85. The number of hydrogen-bond donors (Lipinski definition) is 0. The molecule has 5 atom stereocenters. The van der Waals surface area contributed by atoms with E-state index in [0.29, 0.717) is 11.8 Å². The molecule has 0 spiro atoms. The van der Waals surface area contributed by atoms with Gasteiger partial charge in [0.15, 0.2) is 0 Å². The number of pyridine rings is 1. The average Bonchev–Trinajstić information content (AvgIpc) is 2.90. The molecule has 2 aromatic carbocycles. The van der Waals surface area contributed by atoms with Crippen molar-refractivity contribution < 1.29 is 14.3 Å². The van der Waals surface area contributed by atoms with Gasteiger partial charge in [0.05, 0.1) is 31.8 Å². The fraction of sp³-hybridized carbons (Fsp3) is 0.514. The Labute approximate surface area is 235 Å². The van der Waals surface area contributed by atoms with Crippen molar-refractivity contribution in [2.75, 3.05) is 20.2 Å². The van der Waals surface area contributed by atoms with Gasteiger partial charge in [-0.05, 0) is 52.7 Å². The van der Waals surface area contributed by atoms with Gasteiger partial charge in [-0.2, -0.15) is 0 Å². The van der Waals surface area contributed by atoms with Crippen molar-refractivity contribution in [1.82, 2.24) is 4.98 Å². The first-order valence-corrected chi connectivity index (χ1v) is 14.6. The van der Waals surface area contributed by atoms with E-state index in [9.17, 15) is 5.11 Å². The maximum Gasteiger partial charge on any atom is 0.126 e. The van der Waals surface area contributed by atoms with E-state index in [-0.39, 0.29) is 16.9 Å². The number of benzene rings is 2. The second kappa shape index (κ2) is 10.1. The summed E-state index contributed by atoms with van der Waals surface area (Å²) in [4.78, 5) is 4.54. The lowest BCUT2D eigenvalue weighted by Gasteiger charge is -2.60. The van der Waals surface area contributed by atoms with Crippen molar-refractivity contribution in [3.63, 3.8) is 0 Å². The highest BCUT2D eigenvalue weighted by atomic mass is 16.5. The van der Waals surface area contributed by atoms with Gasteiger partial charge in [-0.15, -0.1) is 6.58 Å². The standard InChI is InChI=1S/C35H46N2O2/c1-9-24-22-37(21-23-18-28(34(2,3)4)33(39-8)29(19-23)35(5,6)7)17-15-25(24)20-31(37)32(38)27-14-16-36-30-13-11-10-12-26(27)30/h9-14,16,18-19,24-25,31-32H,1,15,17,20-22H2,2-8H3/t24-,25+,31-,32+,37-/m0/s1. The SMILES string of the molecule is C=C[C@H]1C[N@@+]2(Cc3cc(C(C)(C)C)c(OC)c(C(C)(C)C)c3)CC[C@@H]1C[C@H]2[C@H]([O-])c1ccnc2ccccc12. The topological polar surface area (TPSA) is 45.2 Å². The molecule has 4 heterocycles. The second-order valence-electron chi connectivity index (χ2n) is 14.1. The van der Waals surface area contributed by atoms with Crippen molar-refractivity contribution in [2.24, 2.45) is 11.8 Å². The summed E-state index contributed by atoms with van der Waals surface area (Å²) in [5.74, 6) is 2.00. The van der Waals surface area contributed by atoms with Crippen molar-refractivity contribution in [3.05, 3.63) is 83.6 Å². The van der Waals surface area contributed by atoms with Crippen LogP contribution in [0.4, 0.5) is 0 Å². The molecule has 208 valence electrons. The first kappa shape index (κ1) is 27.9. The summed E-state index contributed by atoms with van der Waals surface area (Å²) in [5, 5.41) is 15.5. The van der Waals surface area contributed by atoms with Gasteiger partial charge in [-0.25, -0.2) is 0 Å². The van der Waals surface area contributed by atoms with Crippen molar-refractivity contribution in [2.45, 2.75) is 83.9 Å². The number of aromatic nitrogens is 1. The summed E-state index contributed by atoms with van der Waals surface area (Å²) in [6.45, 7) is 20.7. The van der Waals surface area contributed by atoms with Crippen LogP contribution in [0.3, 0.4) is 0 Å². The highest BCUT2D eigenvalue weighted by Crippen LogP contribution is 2.48. The quantitative estimate of drug-likeness (QED) is 0.261. The third-order valence-electron chi connectivity index (χ3n) is 9.48. The number of ether oxygens (including phenoxy) is 1. The van der Waals surface area contributed by atoms with Crippen LogP contribution in [0.5, 0.6) is 5.75 Å². The molecule has 6 rings (SSSR count). The zero-order valence-electron chi connectivity index (χ0n) is 25.0. The van der Waals surface area contributed by atoms with Crippen LogP contribution < -0.4 is 9.84 Å². The van der Waals surface area contributed by atoms with E-state index in [1.54, 1.807) is 7.11 Å². The fourth-order valence-electron chi connectivity index (χ4n) is 7.41. The van der Waals surface area contributed by atoms with Crippen LogP contribution in [0.25, 0.3) is 10.9 Å². The van der Waals surface area contributed by atoms with Crippen LogP contribution in [0, 0.1) is 11.8 Å². The molecule has 0 amide bonds. The minimum Gasteiger partial charge on any atom is -0.844 e. The number of quaternary nitrogens is 1. The van der Waals surface area contributed by atoms with Crippen LogP contribution in [0.2, 0.25) is 0 Å². The molecule has 1 aromatic heterocycles. The summed E-state index contributed by atoms with van der Waals surface area (Å²) >= 11 is 0. The molecule has 0 unspecified atom stereocenters. The highest BCUT2D eigenvalue weighted by molar-refractivity contribution is 5.82. The van der Waals surface area contributed by atoms with Gasteiger partial charge < -0.3 is 14.3 Å². The van der Waals surface area contributed by atoms with Gasteiger partial charge in [0.2, 0.25) is 0 Å². The molecule has 0 N–H and O–H groups in total. The molecule has 2 bridgehead atoms. The smallest absolute Gasteiger partial charge is 0.126 e. The number of piperidine rings is 3. The lowest BCUT2D eigenvalue weighted by molar-refractivity contribution is -0.990. The second-order valence-corrected chi connectivity index (χ2v) is 14.1. The van der Waals surface area contributed by atoms with E-state index in [0.717, 1.165) is 59.2 Å². The van der Waals surface area contributed by atoms with E-state index in [2.05, 4.69) is 77.4 Å². The van der Waals surface area contributed by atoms with Crippen LogP contribution in [0.15, 0.2) is 61.3 Å². The maximum atomic E-state index is 14.5. The lowest BCUT2D eigenvalue weighted by Crippen LogP contribution is -2.68. The zero-order valence-corrected chi connectivity index (χ0v) is 25.0. The summed E-state index contributed by atoms with van der Waals surface area (Å²) in [7, 11) is 1.79. The zero-order chi connectivity index (χ0) is 28.2. The Morgan fingerprint density at radius 1 is 1.08 bits per heavy atom. The van der Waals surface area contributed by atoms with E-state index in [1.807, 2.05) is 30.5 Å². The Balaban J connectivity index is 1.62. The van der Waals surface area contributed by atoms with Crippen molar-refractivity contribution in [3.8, 4) is 5.75 Å². The molecule has 0 aliphatic carbocycles. The molecule has 4 nitrogen and oxygen atoms in total. The van der Waals surface area contributed by atoms with Gasteiger partial charge in [0.1, 0.15) is 12.3 Å². The van der Waals surface area contributed by atoms with E-state index in [1.165, 1.54) is 16.7 Å². The molecule has 39 heavy (non-hydrogen) atoms. The van der Waals surface area contributed by atoms with Gasteiger partial charge >= 0.3 is 0 Å². The Kier molecular flexibility index (Phi) is 7.18. The Hall–Kier alpha value is -2.69. The van der Waals surface area contributed by atoms with E-state index in [4.69, 9.17) is 4.74 Å². The minimum atomic E-state index is -0.797. The number of para-hydroxylation sites is 1. The maximum absolute atomic E-state index is 14.5. The molecule has 4 heteroatoms. The molecular weight excluding hydrogens is 480 g/mol. The third-order valence-corrected chi connectivity index (χ3v) is 9.48. The molecule has 3 aliphatic heterocycles. The number of methoxy groups -OCH3 is 1. The number of fused-ring (bicyclic) bond motifs is 4. The molecule has 3 aromatic rings. The Morgan fingerprint density at radius 2 is 1.74 bits per heavy atom. The number of rotatable bonds is 6. The van der Waals surface area contributed by atoms with Gasteiger partial charge in [-0.3, -0.25) is 4.98 Å². The van der Waals surface area contributed by atoms with Gasteiger partial charge in [-0.1, -0.05) is 65.8 Å². The molecule has 0 saturated carbocycles. The minimum absolute atomic E-state index is 0.0176. The van der Waals surface area contributed by atoms with Crippen LogP contribution in [-0.2, 0) is 17.4 Å². The monoisotopic (exact) mass is 526 g/mol. The largest absolute Gasteiger partial charge is 0.844 e. The molecule has 3 saturated heterocycles. The van der Waals surface area contributed by atoms with Crippen LogP contribution in [0.1, 0.15) is 82.7 Å². The fourth-order valence-corrected chi connectivity index (χ4v) is 7.41. The normalized spacial score (nSPS) is 26.0. The van der Waals surface area contributed by atoms with Crippen LogP contribution >= 0.6 is 0 Å². The first-order chi connectivity index (χ1) is 18.4. The third kappa shape index (κ3) is 5.02. The summed E-state index contributed by atoms with van der Waals surface area (Å²) in [6.07, 6.45) is 5.28. The van der Waals surface area contributed by atoms with E-state index >= 15 is 0 Å². The Bertz CT molecular complexity index is 1320. The molecule has 0 radical (unpaired) electrons. The van der Waals surface area contributed by atoms with Crippen molar-refractivity contribution in [1.29, 1.82) is 0 Å². The van der Waals surface area contributed by atoms with E-state index < -0.39 is 6.10 Å². The van der Waals surface area contributed by atoms with Gasteiger partial charge in [0, 0.05) is 47.0 Å². The number of hydrogen-bond acceptors (Lipinski definition) is 3. The number of nitrogens with zero attached hydrogens (tertiary/aromatic N) is 2. The van der Waals surface area contributed by atoms with Crippen molar-refractivity contribution >= 4 is 10.9 Å². The first-order valence-electron chi connectivity index (χ1n) is 14.6. The average molecular weight is 527 g/mol. The summed E-state index contributed by atoms with van der Waals surface area (Å²) in [5.41, 5.74) is 5.48. The summed E-state index contributed by atoms with van der Waals surface area (Å²) in [6, 6.07) is 14.8. The summed E-state index contributed by atoms with van der Waals surface area (Å²) < 4.78 is 6.88.